The lowest BCUT2D eigenvalue weighted by Crippen LogP contribution is -2.39. The topological polar surface area (TPSA) is 67.8 Å². The average Bonchev–Trinajstić information content (AvgIpc) is 2.98. The summed E-state index contributed by atoms with van der Waals surface area (Å²) in [5.41, 5.74) is 2.34. The minimum atomic E-state index is -4.54. The first-order valence-electron chi connectivity index (χ1n) is 12.9. The molecular weight excluding hydrogens is 549 g/mol. The van der Waals surface area contributed by atoms with Crippen molar-refractivity contribution in [3.05, 3.63) is 137 Å². The summed E-state index contributed by atoms with van der Waals surface area (Å²) in [6, 6.07) is 27.4. The van der Waals surface area contributed by atoms with Crippen LogP contribution >= 0.6 is 0 Å². The Morgan fingerprint density at radius 3 is 1.88 bits per heavy atom. The number of hydrogen-bond acceptors (Lipinski definition) is 4. The number of carbonyl (C=O) groups excluding carboxylic acids is 1. The van der Waals surface area contributed by atoms with Gasteiger partial charge in [0, 0.05) is 11.1 Å². The molecule has 5 nitrogen and oxygen atoms in total. The summed E-state index contributed by atoms with van der Waals surface area (Å²) in [7, 11) is -1.84. The molecule has 0 aliphatic carbocycles. The lowest BCUT2D eigenvalue weighted by Gasteiger charge is -2.25. The van der Waals surface area contributed by atoms with Crippen LogP contribution in [-0.4, -0.2) is 28.5 Å². The zero-order valence-electron chi connectivity index (χ0n) is 22.5. The standard InChI is InChI=1S/C32H29F3N2O3S/c1-3-40-31(38)30(36-28(23-10-6-4-7-11-23)24-12-8-5-9-13-24)29(25-16-18-26(19-17-25)32(33,34)35)37-41(39)27-20-14-22(2)15-21-27/h4-21,29-30,37H,3H2,1-2H3/t29-,30-,41-/m0/s1. The number of halogens is 3. The molecule has 0 heterocycles. The van der Waals surface area contributed by atoms with E-state index in [-0.39, 0.29) is 6.61 Å². The highest BCUT2D eigenvalue weighted by Crippen LogP contribution is 2.31. The van der Waals surface area contributed by atoms with Crippen LogP contribution in [0.3, 0.4) is 0 Å². The molecule has 0 saturated carbocycles. The van der Waals surface area contributed by atoms with E-state index in [1.54, 1.807) is 31.2 Å². The zero-order chi connectivity index (χ0) is 29.4. The van der Waals surface area contributed by atoms with Crippen molar-refractivity contribution in [3.8, 4) is 0 Å². The van der Waals surface area contributed by atoms with Gasteiger partial charge in [-0.3, -0.25) is 4.99 Å². The quantitative estimate of drug-likeness (QED) is 0.166. The highest BCUT2D eigenvalue weighted by molar-refractivity contribution is 7.83. The molecule has 3 atom stereocenters. The number of benzene rings is 4. The molecule has 4 aromatic rings. The average molecular weight is 579 g/mol. The minimum Gasteiger partial charge on any atom is -0.464 e. The maximum atomic E-state index is 13.5. The number of nitrogens with zero attached hydrogens (tertiary/aromatic N) is 1. The first-order chi connectivity index (χ1) is 19.7. The second-order valence-electron chi connectivity index (χ2n) is 9.20. The first-order valence-corrected chi connectivity index (χ1v) is 14.1. The summed E-state index contributed by atoms with van der Waals surface area (Å²) in [6.45, 7) is 3.60. The highest BCUT2D eigenvalue weighted by Gasteiger charge is 2.35. The summed E-state index contributed by atoms with van der Waals surface area (Å²) in [5, 5.41) is 0. The third kappa shape index (κ3) is 7.77. The number of ether oxygens (including phenoxy) is 1. The van der Waals surface area contributed by atoms with E-state index in [2.05, 4.69) is 4.72 Å². The Balaban J connectivity index is 1.88. The molecular formula is C32H29F3N2O3S. The van der Waals surface area contributed by atoms with Crippen molar-refractivity contribution in [1.29, 1.82) is 0 Å². The van der Waals surface area contributed by atoms with Gasteiger partial charge in [0.1, 0.15) is 11.0 Å². The van der Waals surface area contributed by atoms with Gasteiger partial charge in [-0.25, -0.2) is 13.7 Å². The molecule has 0 radical (unpaired) electrons. The summed E-state index contributed by atoms with van der Waals surface area (Å²) < 4.78 is 61.9. The summed E-state index contributed by atoms with van der Waals surface area (Å²) in [5.74, 6) is -0.713. The van der Waals surface area contributed by atoms with E-state index in [0.29, 0.717) is 16.2 Å². The van der Waals surface area contributed by atoms with Crippen LogP contribution in [0.2, 0.25) is 0 Å². The van der Waals surface area contributed by atoms with Crippen LogP contribution in [-0.2, 0) is 26.7 Å². The molecule has 0 saturated heterocycles. The van der Waals surface area contributed by atoms with Crippen LogP contribution < -0.4 is 4.72 Å². The molecule has 1 N–H and O–H groups in total. The first kappa shape index (κ1) is 29.9. The highest BCUT2D eigenvalue weighted by atomic mass is 32.2. The zero-order valence-corrected chi connectivity index (χ0v) is 23.3. The lowest BCUT2D eigenvalue weighted by atomic mass is 9.97. The van der Waals surface area contributed by atoms with Crippen molar-refractivity contribution in [2.45, 2.75) is 37.0 Å². The predicted octanol–water partition coefficient (Wildman–Crippen LogP) is 6.84. The molecule has 4 rings (SSSR count). The van der Waals surface area contributed by atoms with Gasteiger partial charge in [-0.15, -0.1) is 0 Å². The van der Waals surface area contributed by atoms with E-state index in [1.807, 2.05) is 67.6 Å². The minimum absolute atomic E-state index is 0.0532. The maximum absolute atomic E-state index is 13.5. The second kappa shape index (κ2) is 13.5. The number of aliphatic imine (C=N–C) groups is 1. The second-order valence-corrected chi connectivity index (χ2v) is 10.4. The van der Waals surface area contributed by atoms with E-state index in [4.69, 9.17) is 9.73 Å². The van der Waals surface area contributed by atoms with Crippen molar-refractivity contribution >= 4 is 22.7 Å². The largest absolute Gasteiger partial charge is 0.464 e. The van der Waals surface area contributed by atoms with E-state index in [9.17, 15) is 22.2 Å². The molecule has 0 aliphatic heterocycles. The molecule has 0 unspecified atom stereocenters. The molecule has 9 heteroatoms. The third-order valence-corrected chi connectivity index (χ3v) is 7.44. The van der Waals surface area contributed by atoms with Crippen LogP contribution in [0, 0.1) is 6.92 Å². The third-order valence-electron chi connectivity index (χ3n) is 6.27. The Labute approximate surface area is 239 Å². The molecule has 0 aliphatic rings. The summed E-state index contributed by atoms with van der Waals surface area (Å²) in [6.07, 6.45) is -4.54. The Hall–Kier alpha value is -4.08. The summed E-state index contributed by atoms with van der Waals surface area (Å²) in [4.78, 5) is 18.8. The smallest absolute Gasteiger partial charge is 0.416 e. The molecule has 0 aromatic heterocycles. The van der Waals surface area contributed by atoms with E-state index >= 15 is 0 Å². The van der Waals surface area contributed by atoms with Crippen LogP contribution in [0.25, 0.3) is 0 Å². The predicted molar refractivity (Wildman–Crippen MR) is 154 cm³/mol. The van der Waals surface area contributed by atoms with Crippen LogP contribution in [0.1, 0.15) is 40.8 Å². The van der Waals surface area contributed by atoms with E-state index < -0.39 is 40.8 Å². The van der Waals surface area contributed by atoms with Crippen molar-refractivity contribution < 1.29 is 26.9 Å². The van der Waals surface area contributed by atoms with Gasteiger partial charge in [-0.05, 0) is 43.7 Å². The van der Waals surface area contributed by atoms with Crippen molar-refractivity contribution in [1.82, 2.24) is 4.72 Å². The number of esters is 1. The SMILES string of the molecule is CCOC(=O)[C@@H](N=C(c1ccccc1)c1ccccc1)[C@@H](N[S@@](=O)c1ccc(C)cc1)c1ccc(C(F)(F)F)cc1. The van der Waals surface area contributed by atoms with Gasteiger partial charge in [-0.1, -0.05) is 90.5 Å². The Kier molecular flexibility index (Phi) is 9.86. The molecule has 4 aromatic carbocycles. The van der Waals surface area contributed by atoms with Gasteiger partial charge in [0.25, 0.3) is 0 Å². The Bertz CT molecular complexity index is 1450. The number of carbonyl (C=O) groups is 1. The molecule has 0 amide bonds. The monoisotopic (exact) mass is 578 g/mol. The van der Waals surface area contributed by atoms with Crippen molar-refractivity contribution in [3.63, 3.8) is 0 Å². The normalized spacial score (nSPS) is 13.6. The fraction of sp³-hybridized carbons (Fsp3) is 0.188. The number of hydrogen-bond donors (Lipinski definition) is 1. The Morgan fingerprint density at radius 2 is 1.39 bits per heavy atom. The Morgan fingerprint density at radius 1 is 0.854 bits per heavy atom. The van der Waals surface area contributed by atoms with Gasteiger partial charge < -0.3 is 4.74 Å². The fourth-order valence-electron chi connectivity index (χ4n) is 4.18. The molecule has 0 bridgehead atoms. The van der Waals surface area contributed by atoms with Crippen LogP contribution in [0.15, 0.2) is 119 Å². The fourth-order valence-corrected chi connectivity index (χ4v) is 5.19. The van der Waals surface area contributed by atoms with Crippen LogP contribution in [0.5, 0.6) is 0 Å². The number of rotatable bonds is 10. The van der Waals surface area contributed by atoms with Gasteiger partial charge in [-0.2, -0.15) is 13.2 Å². The van der Waals surface area contributed by atoms with E-state index in [1.165, 1.54) is 12.1 Å². The molecule has 41 heavy (non-hydrogen) atoms. The van der Waals surface area contributed by atoms with Gasteiger partial charge in [0.05, 0.1) is 28.8 Å². The number of alkyl halides is 3. The van der Waals surface area contributed by atoms with Crippen LogP contribution in [0.4, 0.5) is 13.2 Å². The maximum Gasteiger partial charge on any atom is 0.416 e. The van der Waals surface area contributed by atoms with Gasteiger partial charge >= 0.3 is 12.1 Å². The molecule has 212 valence electrons. The molecule has 0 fully saturated rings. The van der Waals surface area contributed by atoms with Gasteiger partial charge in [0.2, 0.25) is 0 Å². The number of aryl methyl sites for hydroxylation is 1. The van der Waals surface area contributed by atoms with Crippen molar-refractivity contribution in [2.75, 3.05) is 6.61 Å². The summed E-state index contributed by atoms with van der Waals surface area (Å²) >= 11 is 0. The van der Waals surface area contributed by atoms with Crippen molar-refractivity contribution in [2.24, 2.45) is 4.99 Å². The lowest BCUT2D eigenvalue weighted by molar-refractivity contribution is -0.145. The molecule has 0 spiro atoms. The van der Waals surface area contributed by atoms with E-state index in [0.717, 1.165) is 28.8 Å². The number of nitrogens with one attached hydrogen (secondary N) is 1. The van der Waals surface area contributed by atoms with Gasteiger partial charge in [0.15, 0.2) is 6.04 Å².